The van der Waals surface area contributed by atoms with Gasteiger partial charge in [0.25, 0.3) is 0 Å². The maximum absolute atomic E-state index is 9.88. The molecule has 0 amide bonds. The highest BCUT2D eigenvalue weighted by Crippen LogP contribution is 2.37. The van der Waals surface area contributed by atoms with Crippen LogP contribution in [0.1, 0.15) is 43.4 Å². The number of hydrogen-bond donors (Lipinski definition) is 2. The topological polar surface area (TPSA) is 65.6 Å². The Morgan fingerprint density at radius 2 is 1.83 bits per heavy atom. The largest absolute Gasteiger partial charge is 0.399 e. The summed E-state index contributed by atoms with van der Waals surface area (Å²) >= 11 is 0. The summed E-state index contributed by atoms with van der Waals surface area (Å²) < 4.78 is 0. The Morgan fingerprint density at radius 1 is 1.09 bits per heavy atom. The number of fused-ring (bicyclic) bond motifs is 1. The van der Waals surface area contributed by atoms with Gasteiger partial charge >= 0.3 is 0 Å². The first-order valence-electron chi connectivity index (χ1n) is 7.77. The summed E-state index contributed by atoms with van der Waals surface area (Å²) in [7, 11) is 0. The van der Waals surface area contributed by atoms with Crippen LogP contribution in [0.3, 0.4) is 0 Å². The molecule has 1 heterocycles. The summed E-state index contributed by atoms with van der Waals surface area (Å²) in [5, 5.41) is 11.0. The molecule has 3 nitrogen and oxygen atoms in total. The quantitative estimate of drug-likeness (QED) is 0.674. The molecule has 3 aromatic rings. The number of aromatic nitrogens is 1. The molecule has 0 bridgehead atoms. The molecule has 3 rings (SSSR count). The SMILES string of the molecule is CC(C)(C)c1cc(N)ccc1C(C#N)c1c[nH]c2ccccc12. The fourth-order valence-electron chi connectivity index (χ4n) is 3.11. The molecule has 0 spiro atoms. The standard InChI is InChI=1S/C20H21N3/c1-20(2,3)18-10-13(22)8-9-14(18)16(11-21)17-12-23-19-7-5-4-6-15(17)19/h4-10,12,16,23H,22H2,1-3H3. The summed E-state index contributed by atoms with van der Waals surface area (Å²) in [5.74, 6) is -0.319. The molecule has 0 aliphatic rings. The van der Waals surface area contributed by atoms with Gasteiger partial charge < -0.3 is 10.7 Å². The van der Waals surface area contributed by atoms with Crippen molar-refractivity contribution >= 4 is 16.6 Å². The van der Waals surface area contributed by atoms with Gasteiger partial charge in [0.15, 0.2) is 0 Å². The molecule has 1 unspecified atom stereocenters. The minimum absolute atomic E-state index is 0.0775. The second kappa shape index (κ2) is 5.48. The number of nitrogens with zero attached hydrogens (tertiary/aromatic N) is 1. The van der Waals surface area contributed by atoms with Crippen molar-refractivity contribution in [3.63, 3.8) is 0 Å². The summed E-state index contributed by atoms with van der Waals surface area (Å²) in [4.78, 5) is 3.27. The number of hydrogen-bond acceptors (Lipinski definition) is 2. The van der Waals surface area contributed by atoms with Crippen LogP contribution in [0.25, 0.3) is 10.9 Å². The molecule has 0 saturated carbocycles. The van der Waals surface area contributed by atoms with Gasteiger partial charge in [0.1, 0.15) is 0 Å². The molecule has 0 aliphatic carbocycles. The van der Waals surface area contributed by atoms with Crippen LogP contribution in [0.15, 0.2) is 48.7 Å². The van der Waals surface area contributed by atoms with Gasteiger partial charge in [-0.25, -0.2) is 0 Å². The minimum atomic E-state index is -0.319. The molecular formula is C20H21N3. The van der Waals surface area contributed by atoms with Crippen LogP contribution >= 0.6 is 0 Å². The summed E-state index contributed by atoms with van der Waals surface area (Å²) in [6.45, 7) is 6.44. The smallest absolute Gasteiger partial charge is 0.0986 e. The molecule has 23 heavy (non-hydrogen) atoms. The van der Waals surface area contributed by atoms with Crippen molar-refractivity contribution in [2.45, 2.75) is 32.1 Å². The highest BCUT2D eigenvalue weighted by molar-refractivity contribution is 5.84. The third-order valence-electron chi connectivity index (χ3n) is 4.26. The Balaban J connectivity index is 2.22. The third-order valence-corrected chi connectivity index (χ3v) is 4.26. The average molecular weight is 303 g/mol. The lowest BCUT2D eigenvalue weighted by atomic mass is 9.78. The van der Waals surface area contributed by atoms with Gasteiger partial charge in [0, 0.05) is 22.8 Å². The van der Waals surface area contributed by atoms with Gasteiger partial charge in [-0.05, 0) is 40.3 Å². The fraction of sp³-hybridized carbons (Fsp3) is 0.250. The maximum Gasteiger partial charge on any atom is 0.0986 e. The predicted octanol–water partition coefficient (Wildman–Crippen LogP) is 4.70. The lowest BCUT2D eigenvalue weighted by Crippen LogP contribution is -2.16. The second-order valence-electron chi connectivity index (χ2n) is 6.95. The highest BCUT2D eigenvalue weighted by atomic mass is 14.7. The van der Waals surface area contributed by atoms with E-state index in [0.717, 1.165) is 33.3 Å². The number of nitrogen functional groups attached to an aromatic ring is 1. The van der Waals surface area contributed by atoms with Crippen LogP contribution in [0, 0.1) is 11.3 Å². The molecule has 2 aromatic carbocycles. The molecule has 0 aliphatic heterocycles. The normalized spacial score (nSPS) is 13.0. The molecule has 116 valence electrons. The summed E-state index contributed by atoms with van der Waals surface area (Å²) in [6.07, 6.45) is 1.95. The number of nitrogens with one attached hydrogen (secondary N) is 1. The number of benzene rings is 2. The van der Waals surface area contributed by atoms with Crippen molar-refractivity contribution in [3.8, 4) is 6.07 Å². The molecule has 1 atom stereocenters. The number of nitrogens with two attached hydrogens (primary N) is 1. The molecule has 1 aromatic heterocycles. The van der Waals surface area contributed by atoms with Crippen molar-refractivity contribution in [1.29, 1.82) is 5.26 Å². The number of para-hydroxylation sites is 1. The first kappa shape index (κ1) is 15.2. The van der Waals surface area contributed by atoms with E-state index in [4.69, 9.17) is 5.73 Å². The van der Waals surface area contributed by atoms with Crippen LogP contribution in [-0.4, -0.2) is 4.98 Å². The average Bonchev–Trinajstić information content (AvgIpc) is 2.93. The maximum atomic E-state index is 9.88. The van der Waals surface area contributed by atoms with E-state index >= 15 is 0 Å². The first-order valence-corrected chi connectivity index (χ1v) is 7.77. The van der Waals surface area contributed by atoms with Crippen LogP contribution in [-0.2, 0) is 5.41 Å². The van der Waals surface area contributed by atoms with E-state index in [2.05, 4.69) is 37.9 Å². The van der Waals surface area contributed by atoms with Gasteiger partial charge in [-0.15, -0.1) is 0 Å². The Hall–Kier alpha value is -2.73. The fourth-order valence-corrected chi connectivity index (χ4v) is 3.11. The van der Waals surface area contributed by atoms with Gasteiger partial charge in [0.2, 0.25) is 0 Å². The number of anilines is 1. The minimum Gasteiger partial charge on any atom is -0.399 e. The number of rotatable bonds is 2. The van der Waals surface area contributed by atoms with E-state index in [-0.39, 0.29) is 11.3 Å². The van der Waals surface area contributed by atoms with Gasteiger partial charge in [-0.1, -0.05) is 45.0 Å². The Kier molecular flexibility index (Phi) is 3.61. The zero-order chi connectivity index (χ0) is 16.6. The molecule has 3 heteroatoms. The number of H-pyrrole nitrogens is 1. The molecule has 0 radical (unpaired) electrons. The highest BCUT2D eigenvalue weighted by Gasteiger charge is 2.25. The van der Waals surface area contributed by atoms with Crippen LogP contribution in [0.2, 0.25) is 0 Å². The lowest BCUT2D eigenvalue weighted by molar-refractivity contribution is 0.582. The zero-order valence-corrected chi connectivity index (χ0v) is 13.7. The van der Waals surface area contributed by atoms with Crippen molar-refractivity contribution in [2.75, 3.05) is 5.73 Å². The molecule has 3 N–H and O–H groups in total. The van der Waals surface area contributed by atoms with Crippen LogP contribution in [0.5, 0.6) is 0 Å². The van der Waals surface area contributed by atoms with Crippen LogP contribution in [0.4, 0.5) is 5.69 Å². The number of nitriles is 1. The van der Waals surface area contributed by atoms with Gasteiger partial charge in [-0.2, -0.15) is 5.26 Å². The van der Waals surface area contributed by atoms with Crippen molar-refractivity contribution in [3.05, 3.63) is 65.4 Å². The molecule has 0 saturated heterocycles. The predicted molar refractivity (Wildman–Crippen MR) is 95.3 cm³/mol. The van der Waals surface area contributed by atoms with E-state index in [1.54, 1.807) is 0 Å². The second-order valence-corrected chi connectivity index (χ2v) is 6.95. The monoisotopic (exact) mass is 303 g/mol. The Morgan fingerprint density at radius 3 is 2.52 bits per heavy atom. The zero-order valence-electron chi connectivity index (χ0n) is 13.7. The van der Waals surface area contributed by atoms with Crippen molar-refractivity contribution in [2.24, 2.45) is 0 Å². The van der Waals surface area contributed by atoms with Gasteiger partial charge in [-0.3, -0.25) is 0 Å². The van der Waals surface area contributed by atoms with Crippen molar-refractivity contribution in [1.82, 2.24) is 4.98 Å². The third kappa shape index (κ3) is 2.68. The summed E-state index contributed by atoms with van der Waals surface area (Å²) in [6, 6.07) is 16.4. The van der Waals surface area contributed by atoms with E-state index in [0.29, 0.717) is 0 Å². The molecule has 0 fully saturated rings. The Labute approximate surface area is 136 Å². The van der Waals surface area contributed by atoms with Crippen LogP contribution < -0.4 is 5.73 Å². The first-order chi connectivity index (χ1) is 10.9. The van der Waals surface area contributed by atoms with Gasteiger partial charge in [0.05, 0.1) is 12.0 Å². The molecular weight excluding hydrogens is 282 g/mol. The van der Waals surface area contributed by atoms with E-state index < -0.39 is 0 Å². The van der Waals surface area contributed by atoms with E-state index in [1.807, 2.05) is 42.6 Å². The Bertz CT molecular complexity index is 891. The van der Waals surface area contributed by atoms with E-state index in [9.17, 15) is 5.26 Å². The number of aromatic amines is 1. The van der Waals surface area contributed by atoms with E-state index in [1.165, 1.54) is 0 Å². The lowest BCUT2D eigenvalue weighted by Gasteiger charge is -2.25. The summed E-state index contributed by atoms with van der Waals surface area (Å²) in [5.41, 5.74) is 10.8. The van der Waals surface area contributed by atoms with Crippen molar-refractivity contribution < 1.29 is 0 Å².